The summed E-state index contributed by atoms with van der Waals surface area (Å²) in [5.74, 6) is 0.0845. The third-order valence-corrected chi connectivity index (χ3v) is 5.79. The van der Waals surface area contributed by atoms with Crippen molar-refractivity contribution in [1.82, 2.24) is 9.80 Å². The molecule has 1 aliphatic heterocycles. The van der Waals surface area contributed by atoms with Crippen molar-refractivity contribution in [3.8, 4) is 6.07 Å². The lowest BCUT2D eigenvalue weighted by atomic mass is 9.81. The van der Waals surface area contributed by atoms with Gasteiger partial charge < -0.3 is 4.90 Å². The van der Waals surface area contributed by atoms with Crippen LogP contribution in [0.15, 0.2) is 30.3 Å². The van der Waals surface area contributed by atoms with E-state index in [2.05, 4.69) is 35.2 Å². The van der Waals surface area contributed by atoms with Gasteiger partial charge in [-0.3, -0.25) is 9.69 Å². The molecule has 1 atom stereocenters. The van der Waals surface area contributed by atoms with Gasteiger partial charge in [0.15, 0.2) is 0 Å². The number of hydrogen-bond donors (Lipinski definition) is 0. The van der Waals surface area contributed by atoms with Crippen LogP contribution in [-0.4, -0.2) is 41.4 Å². The van der Waals surface area contributed by atoms with Gasteiger partial charge >= 0.3 is 0 Å². The van der Waals surface area contributed by atoms with Crippen LogP contribution in [0.25, 0.3) is 0 Å². The fraction of sp³-hybridized carbons (Fsp3) is 0.600. The van der Waals surface area contributed by atoms with Crippen LogP contribution in [0.5, 0.6) is 0 Å². The van der Waals surface area contributed by atoms with Crippen molar-refractivity contribution in [2.45, 2.75) is 56.5 Å². The Hall–Kier alpha value is -1.86. The van der Waals surface area contributed by atoms with E-state index >= 15 is 0 Å². The molecule has 0 aromatic heterocycles. The number of carbonyl (C=O) groups excluding carboxylic acids is 1. The molecular weight excluding hydrogens is 298 g/mol. The summed E-state index contributed by atoms with van der Waals surface area (Å²) in [6, 6.07) is 13.2. The molecule has 1 saturated heterocycles. The molecule has 1 amide bonds. The first-order chi connectivity index (χ1) is 11.7. The quantitative estimate of drug-likeness (QED) is 0.851. The predicted octanol–water partition coefficient (Wildman–Crippen LogP) is 3.51. The molecule has 0 radical (unpaired) electrons. The topological polar surface area (TPSA) is 47.3 Å². The molecule has 1 heterocycles. The maximum atomic E-state index is 12.9. The minimum absolute atomic E-state index is 0.0845. The molecule has 1 aliphatic carbocycles. The van der Waals surface area contributed by atoms with Gasteiger partial charge in [0.1, 0.15) is 5.54 Å². The van der Waals surface area contributed by atoms with Crippen molar-refractivity contribution in [3.63, 3.8) is 0 Å². The third kappa shape index (κ3) is 3.32. The Morgan fingerprint density at radius 1 is 1.25 bits per heavy atom. The first kappa shape index (κ1) is 17.0. The minimum Gasteiger partial charge on any atom is -0.326 e. The van der Waals surface area contributed by atoms with E-state index in [0.29, 0.717) is 12.6 Å². The average Bonchev–Trinajstić information content (AvgIpc) is 3.10. The Labute approximate surface area is 145 Å². The van der Waals surface area contributed by atoms with Crippen molar-refractivity contribution in [2.75, 3.05) is 20.1 Å². The van der Waals surface area contributed by atoms with Gasteiger partial charge in [0.25, 0.3) is 0 Å². The number of carbonyl (C=O) groups is 1. The van der Waals surface area contributed by atoms with Crippen LogP contribution >= 0.6 is 0 Å². The Balaban J connectivity index is 1.68. The summed E-state index contributed by atoms with van der Waals surface area (Å²) >= 11 is 0. The summed E-state index contributed by atoms with van der Waals surface area (Å²) in [7, 11) is 1.82. The highest BCUT2D eigenvalue weighted by molar-refractivity contribution is 5.79. The number of benzene rings is 1. The predicted molar refractivity (Wildman–Crippen MR) is 94.2 cm³/mol. The Bertz CT molecular complexity index is 601. The molecule has 4 nitrogen and oxygen atoms in total. The van der Waals surface area contributed by atoms with E-state index in [1.54, 1.807) is 4.90 Å². The summed E-state index contributed by atoms with van der Waals surface area (Å²) in [4.78, 5) is 16.9. The second-order valence-electron chi connectivity index (χ2n) is 7.20. The van der Waals surface area contributed by atoms with Crippen molar-refractivity contribution >= 4 is 5.91 Å². The molecule has 0 N–H and O–H groups in total. The van der Waals surface area contributed by atoms with Crippen molar-refractivity contribution in [3.05, 3.63) is 35.9 Å². The van der Waals surface area contributed by atoms with Gasteiger partial charge in [-0.15, -0.1) is 0 Å². The summed E-state index contributed by atoms with van der Waals surface area (Å²) in [6.45, 7) is 1.37. The largest absolute Gasteiger partial charge is 0.326 e. The summed E-state index contributed by atoms with van der Waals surface area (Å²) in [5, 5.41) is 9.69. The highest BCUT2D eigenvalue weighted by atomic mass is 16.2. The Morgan fingerprint density at radius 2 is 1.96 bits per heavy atom. The van der Waals surface area contributed by atoms with Crippen LogP contribution in [0, 0.1) is 11.3 Å². The second kappa shape index (κ2) is 7.36. The monoisotopic (exact) mass is 325 g/mol. The van der Waals surface area contributed by atoms with Gasteiger partial charge in [0.05, 0.1) is 12.6 Å². The van der Waals surface area contributed by atoms with Gasteiger partial charge in [0, 0.05) is 13.1 Å². The fourth-order valence-corrected chi connectivity index (χ4v) is 4.25. The highest BCUT2D eigenvalue weighted by Gasteiger charge is 2.39. The highest BCUT2D eigenvalue weighted by Crippen LogP contribution is 2.34. The van der Waals surface area contributed by atoms with E-state index in [-0.39, 0.29) is 5.91 Å². The lowest BCUT2D eigenvalue weighted by molar-refractivity contribution is -0.136. The van der Waals surface area contributed by atoms with Crippen LogP contribution in [0.2, 0.25) is 0 Å². The maximum Gasteiger partial charge on any atom is 0.237 e. The SMILES string of the molecule is CN(C(=O)CN1CCC[C@@H]1c1ccccc1)C1(C#N)CCCCC1. The number of likely N-dealkylation sites (N-methyl/N-ethyl adjacent to an activating group) is 1. The summed E-state index contributed by atoms with van der Waals surface area (Å²) in [5.41, 5.74) is 0.704. The molecule has 2 aliphatic rings. The molecule has 0 spiro atoms. The van der Waals surface area contributed by atoms with Crippen LogP contribution < -0.4 is 0 Å². The fourth-order valence-electron chi connectivity index (χ4n) is 4.25. The molecule has 1 aromatic rings. The van der Waals surface area contributed by atoms with E-state index < -0.39 is 5.54 Å². The smallest absolute Gasteiger partial charge is 0.237 e. The van der Waals surface area contributed by atoms with E-state index in [1.165, 1.54) is 12.0 Å². The lowest BCUT2D eigenvalue weighted by Crippen LogP contribution is -2.52. The zero-order chi connectivity index (χ0) is 17.0. The van der Waals surface area contributed by atoms with E-state index in [4.69, 9.17) is 0 Å². The number of rotatable bonds is 4. The summed E-state index contributed by atoms with van der Waals surface area (Å²) < 4.78 is 0. The molecule has 1 aromatic carbocycles. The Morgan fingerprint density at radius 3 is 2.62 bits per heavy atom. The van der Waals surface area contributed by atoms with Gasteiger partial charge in [-0.05, 0) is 37.8 Å². The van der Waals surface area contributed by atoms with E-state index in [1.807, 2.05) is 13.1 Å². The third-order valence-electron chi connectivity index (χ3n) is 5.79. The lowest BCUT2D eigenvalue weighted by Gasteiger charge is -2.40. The number of amides is 1. The minimum atomic E-state index is -0.586. The molecule has 24 heavy (non-hydrogen) atoms. The van der Waals surface area contributed by atoms with Crippen LogP contribution in [0.1, 0.15) is 56.6 Å². The maximum absolute atomic E-state index is 12.9. The van der Waals surface area contributed by atoms with Gasteiger partial charge in [-0.1, -0.05) is 49.6 Å². The van der Waals surface area contributed by atoms with Gasteiger partial charge in [0.2, 0.25) is 5.91 Å². The molecular formula is C20H27N3O. The number of hydrogen-bond acceptors (Lipinski definition) is 3. The molecule has 4 heteroatoms. The zero-order valence-corrected chi connectivity index (χ0v) is 14.6. The van der Waals surface area contributed by atoms with Crippen molar-refractivity contribution < 1.29 is 4.79 Å². The molecule has 0 bridgehead atoms. The van der Waals surface area contributed by atoms with Crippen molar-refractivity contribution in [2.24, 2.45) is 0 Å². The van der Waals surface area contributed by atoms with Gasteiger partial charge in [-0.2, -0.15) is 5.26 Å². The van der Waals surface area contributed by atoms with Crippen LogP contribution in [0.4, 0.5) is 0 Å². The molecule has 2 fully saturated rings. The standard InChI is InChI=1S/C20H27N3O/c1-22(20(16-21)12-6-3-7-13-20)19(24)15-23-14-8-11-18(23)17-9-4-2-5-10-17/h2,4-5,9-10,18H,3,6-8,11-15H2,1H3/t18-/m1/s1. The normalized spacial score (nSPS) is 23.6. The van der Waals surface area contributed by atoms with E-state index in [9.17, 15) is 10.1 Å². The first-order valence-electron chi connectivity index (χ1n) is 9.13. The number of nitriles is 1. The van der Waals surface area contributed by atoms with Crippen LogP contribution in [-0.2, 0) is 4.79 Å². The molecule has 3 rings (SSSR count). The van der Waals surface area contributed by atoms with E-state index in [0.717, 1.165) is 45.1 Å². The molecule has 128 valence electrons. The average molecular weight is 325 g/mol. The zero-order valence-electron chi connectivity index (χ0n) is 14.6. The summed E-state index contributed by atoms with van der Waals surface area (Å²) in [6.07, 6.45) is 7.11. The number of likely N-dealkylation sites (tertiary alicyclic amines) is 1. The van der Waals surface area contributed by atoms with Gasteiger partial charge in [-0.25, -0.2) is 0 Å². The van der Waals surface area contributed by atoms with Crippen molar-refractivity contribution in [1.29, 1.82) is 5.26 Å². The number of nitrogens with zero attached hydrogens (tertiary/aromatic N) is 3. The second-order valence-corrected chi connectivity index (χ2v) is 7.20. The molecule has 1 saturated carbocycles. The molecule has 0 unspecified atom stereocenters. The Kier molecular flexibility index (Phi) is 5.20. The van der Waals surface area contributed by atoms with Crippen LogP contribution in [0.3, 0.4) is 0 Å². The first-order valence-corrected chi connectivity index (χ1v) is 9.13.